The van der Waals surface area contributed by atoms with Crippen molar-refractivity contribution in [1.82, 2.24) is 0 Å². The zero-order valence-corrected chi connectivity index (χ0v) is 6.21. The molecule has 0 bridgehead atoms. The van der Waals surface area contributed by atoms with Gasteiger partial charge in [0.2, 0.25) is 0 Å². The molecule has 10 heavy (non-hydrogen) atoms. The van der Waals surface area contributed by atoms with Crippen molar-refractivity contribution in [2.24, 2.45) is 16.0 Å². The third-order valence-corrected chi connectivity index (χ3v) is 2.76. The summed E-state index contributed by atoms with van der Waals surface area (Å²) >= 11 is 1.56. The predicted molar refractivity (Wildman–Crippen MR) is 44.8 cm³/mol. The van der Waals surface area contributed by atoms with E-state index in [-0.39, 0.29) is 0 Å². The van der Waals surface area contributed by atoms with Crippen molar-refractivity contribution in [2.45, 2.75) is 5.25 Å². The summed E-state index contributed by atoms with van der Waals surface area (Å²) in [7, 11) is 0. The predicted octanol–water partition coefficient (Wildman–Crippen LogP) is 1.12. The van der Waals surface area contributed by atoms with Gasteiger partial charge >= 0.3 is 0 Å². The molecule has 52 valence electrons. The summed E-state index contributed by atoms with van der Waals surface area (Å²) in [6.45, 7) is 0. The molecule has 2 N–H and O–H groups in total. The van der Waals surface area contributed by atoms with Crippen LogP contribution in [0, 0.1) is 5.92 Å². The lowest BCUT2D eigenvalue weighted by Gasteiger charge is -2.16. The molecule has 0 amide bonds. The lowest BCUT2D eigenvalue weighted by molar-refractivity contribution is 0.864. The molecule has 1 aliphatic heterocycles. The summed E-state index contributed by atoms with van der Waals surface area (Å²) in [6.07, 6.45) is 8.02. The quantitative estimate of drug-likeness (QED) is 0.528. The second-order valence-corrected chi connectivity index (χ2v) is 3.34. The van der Waals surface area contributed by atoms with Crippen molar-refractivity contribution < 1.29 is 0 Å². The van der Waals surface area contributed by atoms with Gasteiger partial charge in [0.1, 0.15) is 0 Å². The number of fused-ring (bicyclic) bond motifs is 1. The minimum atomic E-state index is 0.380. The Morgan fingerprint density at radius 3 is 3.30 bits per heavy atom. The van der Waals surface area contributed by atoms with Gasteiger partial charge in [0.25, 0.3) is 0 Å². The van der Waals surface area contributed by atoms with E-state index in [9.17, 15) is 0 Å². The van der Waals surface area contributed by atoms with Crippen molar-refractivity contribution >= 4 is 18.2 Å². The van der Waals surface area contributed by atoms with Gasteiger partial charge in [-0.2, -0.15) is 0 Å². The molecule has 0 saturated heterocycles. The maximum absolute atomic E-state index is 5.73. The van der Waals surface area contributed by atoms with Gasteiger partial charge in [-0.1, -0.05) is 12.2 Å². The van der Waals surface area contributed by atoms with Crippen LogP contribution in [-0.4, -0.2) is 11.5 Å². The number of nitrogens with two attached hydrogens (primary N) is 1. The van der Waals surface area contributed by atoms with Crippen molar-refractivity contribution in [3.63, 3.8) is 0 Å². The molecule has 0 aromatic carbocycles. The van der Waals surface area contributed by atoms with Crippen molar-refractivity contribution in [3.8, 4) is 0 Å². The second kappa shape index (κ2) is 2.16. The highest BCUT2D eigenvalue weighted by Crippen LogP contribution is 2.32. The molecular weight excluding hydrogens is 144 g/mol. The van der Waals surface area contributed by atoms with E-state index < -0.39 is 0 Å². The molecule has 0 fully saturated rings. The number of allylic oxidation sites excluding steroid dienone is 3. The molecule has 2 aliphatic rings. The van der Waals surface area contributed by atoms with Gasteiger partial charge in [0.05, 0.1) is 5.25 Å². The van der Waals surface area contributed by atoms with Gasteiger partial charge < -0.3 is 5.73 Å². The van der Waals surface area contributed by atoms with Crippen molar-refractivity contribution in [2.75, 3.05) is 0 Å². The molecule has 2 rings (SSSR count). The summed E-state index contributed by atoms with van der Waals surface area (Å²) in [5, 5.41) is 0.380. The lowest BCUT2D eigenvalue weighted by Crippen LogP contribution is -2.22. The van der Waals surface area contributed by atoms with Crippen LogP contribution in [0.1, 0.15) is 0 Å². The molecule has 0 aromatic heterocycles. The van der Waals surface area contributed by atoms with Gasteiger partial charge in [-0.3, -0.25) is 0 Å². The highest BCUT2D eigenvalue weighted by molar-refractivity contribution is 7.99. The Hall–Kier alpha value is -0.700. The Bertz CT molecular complexity index is 230. The summed E-state index contributed by atoms with van der Waals surface area (Å²) in [6, 6.07) is 0. The number of nitrogens with zero attached hydrogens (tertiary/aromatic N) is 1. The molecule has 3 heteroatoms. The summed E-state index contributed by atoms with van der Waals surface area (Å²) in [5.74, 6) is 0.440. The zero-order chi connectivity index (χ0) is 6.97. The first-order valence-corrected chi connectivity index (χ1v) is 4.05. The molecule has 1 heterocycles. The van der Waals surface area contributed by atoms with E-state index >= 15 is 0 Å². The average molecular weight is 152 g/mol. The standard InChI is InChI=1S/C7H8N2S/c8-6-3-1-2-5-4-9-10-7(5)6/h1-5,7H,8H2. The van der Waals surface area contributed by atoms with E-state index in [0.717, 1.165) is 5.70 Å². The van der Waals surface area contributed by atoms with Gasteiger partial charge in [0, 0.05) is 17.8 Å². The first kappa shape index (κ1) is 6.04. The molecule has 1 aliphatic carbocycles. The normalized spacial score (nSPS) is 35.8. The monoisotopic (exact) mass is 152 g/mol. The maximum atomic E-state index is 5.73. The van der Waals surface area contributed by atoms with E-state index in [0.29, 0.717) is 11.2 Å². The van der Waals surface area contributed by atoms with Crippen LogP contribution < -0.4 is 5.73 Å². The molecule has 2 atom stereocenters. The molecule has 0 saturated carbocycles. The second-order valence-electron chi connectivity index (χ2n) is 2.41. The fourth-order valence-electron chi connectivity index (χ4n) is 1.14. The Balaban J connectivity index is 2.29. The highest BCUT2D eigenvalue weighted by Gasteiger charge is 2.26. The Labute approximate surface area is 64.0 Å². The van der Waals surface area contributed by atoms with Crippen LogP contribution in [0.4, 0.5) is 0 Å². The lowest BCUT2D eigenvalue weighted by atomic mass is 9.99. The Kier molecular flexibility index (Phi) is 1.31. The largest absolute Gasteiger partial charge is 0.401 e. The first-order valence-electron chi connectivity index (χ1n) is 3.21. The maximum Gasteiger partial charge on any atom is 0.0773 e. The molecular formula is C7H8N2S. The van der Waals surface area contributed by atoms with Crippen LogP contribution in [0.2, 0.25) is 0 Å². The topological polar surface area (TPSA) is 38.4 Å². The summed E-state index contributed by atoms with van der Waals surface area (Å²) in [4.78, 5) is 0. The Morgan fingerprint density at radius 2 is 2.50 bits per heavy atom. The van der Waals surface area contributed by atoms with Gasteiger partial charge in [-0.05, 0) is 18.0 Å². The van der Waals surface area contributed by atoms with Crippen LogP contribution in [0.25, 0.3) is 0 Å². The van der Waals surface area contributed by atoms with Gasteiger partial charge in [-0.25, -0.2) is 4.40 Å². The fourth-order valence-corrected chi connectivity index (χ4v) is 1.99. The SMILES string of the molecule is NC1=CC=CC2C=NSC12. The van der Waals surface area contributed by atoms with E-state index in [1.165, 1.54) is 0 Å². The molecule has 0 aromatic rings. The van der Waals surface area contributed by atoms with E-state index in [1.54, 1.807) is 11.9 Å². The van der Waals surface area contributed by atoms with Crippen LogP contribution in [0.3, 0.4) is 0 Å². The Morgan fingerprint density at radius 1 is 1.60 bits per heavy atom. The van der Waals surface area contributed by atoms with Gasteiger partial charge in [0.15, 0.2) is 0 Å². The fraction of sp³-hybridized carbons (Fsp3) is 0.286. The number of hydrogen-bond acceptors (Lipinski definition) is 3. The van der Waals surface area contributed by atoms with Crippen LogP contribution in [0.5, 0.6) is 0 Å². The first-order chi connectivity index (χ1) is 4.88. The summed E-state index contributed by atoms with van der Waals surface area (Å²) in [5.41, 5.74) is 6.67. The van der Waals surface area contributed by atoms with E-state index in [1.807, 2.05) is 18.4 Å². The minimum Gasteiger partial charge on any atom is -0.401 e. The van der Waals surface area contributed by atoms with Crippen molar-refractivity contribution in [3.05, 3.63) is 23.9 Å². The van der Waals surface area contributed by atoms with Crippen LogP contribution in [0.15, 0.2) is 28.3 Å². The van der Waals surface area contributed by atoms with E-state index in [4.69, 9.17) is 5.73 Å². The van der Waals surface area contributed by atoms with E-state index in [2.05, 4.69) is 10.5 Å². The third kappa shape index (κ3) is 0.778. The number of hydrogen-bond donors (Lipinski definition) is 1. The van der Waals surface area contributed by atoms with Gasteiger partial charge in [-0.15, -0.1) is 0 Å². The molecule has 2 nitrogen and oxygen atoms in total. The summed E-state index contributed by atoms with van der Waals surface area (Å²) < 4.78 is 4.10. The molecule has 2 unspecified atom stereocenters. The van der Waals surface area contributed by atoms with Crippen molar-refractivity contribution in [1.29, 1.82) is 0 Å². The minimum absolute atomic E-state index is 0.380. The van der Waals surface area contributed by atoms with Crippen LogP contribution in [-0.2, 0) is 0 Å². The molecule has 0 radical (unpaired) electrons. The molecule has 0 spiro atoms. The highest BCUT2D eigenvalue weighted by atomic mass is 32.2. The number of rotatable bonds is 0. The van der Waals surface area contributed by atoms with Crippen LogP contribution >= 0.6 is 11.9 Å². The average Bonchev–Trinajstić information content (AvgIpc) is 2.36. The third-order valence-electron chi connectivity index (χ3n) is 1.71. The smallest absolute Gasteiger partial charge is 0.0773 e. The zero-order valence-electron chi connectivity index (χ0n) is 5.40.